The molecule has 3 rings (SSSR count). The van der Waals surface area contributed by atoms with Gasteiger partial charge in [-0.25, -0.2) is 0 Å². The Morgan fingerprint density at radius 1 is 1.18 bits per heavy atom. The predicted molar refractivity (Wildman–Crippen MR) is 108 cm³/mol. The van der Waals surface area contributed by atoms with E-state index in [0.29, 0.717) is 12.6 Å². The molecule has 0 spiro atoms. The van der Waals surface area contributed by atoms with Crippen molar-refractivity contribution in [3.05, 3.63) is 30.3 Å². The summed E-state index contributed by atoms with van der Waals surface area (Å²) in [5.41, 5.74) is 0. The van der Waals surface area contributed by atoms with Crippen LogP contribution in [0.1, 0.15) is 19.8 Å². The van der Waals surface area contributed by atoms with Crippen LogP contribution >= 0.6 is 0 Å². The van der Waals surface area contributed by atoms with Gasteiger partial charge in [0.25, 0.3) is 0 Å². The summed E-state index contributed by atoms with van der Waals surface area (Å²) in [7, 11) is 1.71. The Balaban J connectivity index is 1.34. The van der Waals surface area contributed by atoms with Crippen LogP contribution in [-0.4, -0.2) is 91.5 Å². The number of para-hydroxylation sites is 1. The normalized spacial score (nSPS) is 19.1. The largest absolute Gasteiger partial charge is 0.492 e. The lowest BCUT2D eigenvalue weighted by molar-refractivity contribution is -0.139. The summed E-state index contributed by atoms with van der Waals surface area (Å²) in [5, 5.41) is 2.93. The zero-order valence-electron chi connectivity index (χ0n) is 17.0. The summed E-state index contributed by atoms with van der Waals surface area (Å²) >= 11 is 0. The minimum atomic E-state index is -0.207. The van der Waals surface area contributed by atoms with Crippen molar-refractivity contribution in [1.82, 2.24) is 20.0 Å². The monoisotopic (exact) mass is 388 g/mol. The molecule has 1 atom stereocenters. The van der Waals surface area contributed by atoms with Crippen LogP contribution in [0.2, 0.25) is 0 Å². The summed E-state index contributed by atoms with van der Waals surface area (Å²) in [4.78, 5) is 30.7. The Morgan fingerprint density at radius 3 is 2.50 bits per heavy atom. The van der Waals surface area contributed by atoms with Crippen LogP contribution in [-0.2, 0) is 9.59 Å². The SMILES string of the molecule is CC(C(=O)N(C)CC(=O)NC1CC1)N1CCN(CCOc2ccccc2)CC1. The molecular formula is C21H32N4O3. The second-order valence-electron chi connectivity index (χ2n) is 7.75. The van der Waals surface area contributed by atoms with Crippen molar-refractivity contribution in [2.24, 2.45) is 0 Å². The number of likely N-dealkylation sites (N-methyl/N-ethyl adjacent to an activating group) is 1. The van der Waals surface area contributed by atoms with Crippen molar-refractivity contribution in [1.29, 1.82) is 0 Å². The fourth-order valence-corrected chi connectivity index (χ4v) is 3.45. The number of carbonyl (C=O) groups is 2. The molecule has 0 aromatic heterocycles. The highest BCUT2D eigenvalue weighted by atomic mass is 16.5. The molecule has 7 nitrogen and oxygen atoms in total. The van der Waals surface area contributed by atoms with Gasteiger partial charge in [0.05, 0.1) is 12.6 Å². The molecule has 1 N–H and O–H groups in total. The van der Waals surface area contributed by atoms with Crippen LogP contribution in [0.15, 0.2) is 30.3 Å². The first-order chi connectivity index (χ1) is 13.5. The lowest BCUT2D eigenvalue weighted by Crippen LogP contribution is -2.55. The Morgan fingerprint density at radius 2 is 1.86 bits per heavy atom. The summed E-state index contributed by atoms with van der Waals surface area (Å²) in [6.45, 7) is 7.15. The average Bonchev–Trinajstić information content (AvgIpc) is 3.52. The number of carbonyl (C=O) groups excluding carboxylic acids is 2. The quantitative estimate of drug-likeness (QED) is 0.678. The Kier molecular flexibility index (Phi) is 7.28. The highest BCUT2D eigenvalue weighted by molar-refractivity contribution is 5.87. The molecule has 2 aliphatic rings. The molecule has 2 amide bonds. The van der Waals surface area contributed by atoms with Crippen molar-refractivity contribution in [2.75, 3.05) is 52.9 Å². The highest BCUT2D eigenvalue weighted by Crippen LogP contribution is 2.18. The third-order valence-electron chi connectivity index (χ3n) is 5.43. The van der Waals surface area contributed by atoms with Gasteiger partial charge in [-0.1, -0.05) is 18.2 Å². The minimum Gasteiger partial charge on any atom is -0.492 e. The maximum atomic E-state index is 12.7. The molecule has 1 aromatic carbocycles. The maximum Gasteiger partial charge on any atom is 0.239 e. The Hall–Kier alpha value is -2.12. The average molecular weight is 389 g/mol. The molecule has 2 fully saturated rings. The summed E-state index contributed by atoms with van der Waals surface area (Å²) in [6, 6.07) is 9.97. The summed E-state index contributed by atoms with van der Waals surface area (Å²) in [6.07, 6.45) is 2.11. The van der Waals surface area contributed by atoms with E-state index in [1.807, 2.05) is 37.3 Å². The number of benzene rings is 1. The van der Waals surface area contributed by atoms with Gasteiger partial charge in [0.15, 0.2) is 0 Å². The zero-order chi connectivity index (χ0) is 19.9. The molecule has 7 heteroatoms. The van der Waals surface area contributed by atoms with Crippen molar-refractivity contribution < 1.29 is 14.3 Å². The van der Waals surface area contributed by atoms with Gasteiger partial charge in [-0.15, -0.1) is 0 Å². The van der Waals surface area contributed by atoms with E-state index < -0.39 is 0 Å². The van der Waals surface area contributed by atoms with Gasteiger partial charge in [0, 0.05) is 45.8 Å². The summed E-state index contributed by atoms with van der Waals surface area (Å²) in [5.74, 6) is 0.842. The zero-order valence-corrected chi connectivity index (χ0v) is 17.0. The minimum absolute atomic E-state index is 0.00630. The number of piperazine rings is 1. The molecule has 1 saturated carbocycles. The van der Waals surface area contributed by atoms with Gasteiger partial charge < -0.3 is 15.0 Å². The van der Waals surface area contributed by atoms with Gasteiger partial charge in [-0.2, -0.15) is 0 Å². The second-order valence-corrected chi connectivity index (χ2v) is 7.75. The van der Waals surface area contributed by atoms with E-state index in [-0.39, 0.29) is 24.4 Å². The number of rotatable bonds is 9. The smallest absolute Gasteiger partial charge is 0.239 e. The first kappa shape index (κ1) is 20.6. The van der Waals surface area contributed by atoms with E-state index in [1.165, 1.54) is 0 Å². The van der Waals surface area contributed by atoms with E-state index in [0.717, 1.165) is 51.3 Å². The van der Waals surface area contributed by atoms with Gasteiger partial charge in [-0.05, 0) is 31.9 Å². The van der Waals surface area contributed by atoms with E-state index in [1.54, 1.807) is 11.9 Å². The number of hydrogen-bond acceptors (Lipinski definition) is 5. The van der Waals surface area contributed by atoms with Crippen molar-refractivity contribution >= 4 is 11.8 Å². The van der Waals surface area contributed by atoms with Crippen molar-refractivity contribution in [3.63, 3.8) is 0 Å². The lowest BCUT2D eigenvalue weighted by Gasteiger charge is -2.38. The van der Waals surface area contributed by atoms with Gasteiger partial charge in [0.2, 0.25) is 11.8 Å². The van der Waals surface area contributed by atoms with Crippen molar-refractivity contribution in [3.8, 4) is 5.75 Å². The van der Waals surface area contributed by atoms with Crippen LogP contribution in [0.5, 0.6) is 5.75 Å². The third kappa shape index (κ3) is 6.21. The van der Waals surface area contributed by atoms with E-state index >= 15 is 0 Å². The van der Waals surface area contributed by atoms with Crippen LogP contribution in [0.25, 0.3) is 0 Å². The molecular weight excluding hydrogens is 356 g/mol. The van der Waals surface area contributed by atoms with Crippen molar-refractivity contribution in [2.45, 2.75) is 31.8 Å². The molecule has 0 radical (unpaired) electrons. The second kappa shape index (κ2) is 9.89. The molecule has 0 bridgehead atoms. The molecule has 1 unspecified atom stereocenters. The first-order valence-corrected chi connectivity index (χ1v) is 10.2. The lowest BCUT2D eigenvalue weighted by atomic mass is 10.2. The molecule has 28 heavy (non-hydrogen) atoms. The van der Waals surface area contributed by atoms with Crippen LogP contribution in [0.4, 0.5) is 0 Å². The topological polar surface area (TPSA) is 65.1 Å². The molecule has 154 valence electrons. The predicted octanol–water partition coefficient (Wildman–Crippen LogP) is 0.809. The number of nitrogens with one attached hydrogen (secondary N) is 1. The van der Waals surface area contributed by atoms with Gasteiger partial charge in [0.1, 0.15) is 12.4 Å². The van der Waals surface area contributed by atoms with E-state index in [2.05, 4.69) is 15.1 Å². The Bertz CT molecular complexity index is 642. The Labute approximate surface area is 167 Å². The molecule has 1 aliphatic heterocycles. The highest BCUT2D eigenvalue weighted by Gasteiger charge is 2.29. The molecule has 1 heterocycles. The third-order valence-corrected chi connectivity index (χ3v) is 5.43. The fraction of sp³-hybridized carbons (Fsp3) is 0.619. The van der Waals surface area contributed by atoms with Crippen LogP contribution in [0.3, 0.4) is 0 Å². The number of hydrogen-bond donors (Lipinski definition) is 1. The first-order valence-electron chi connectivity index (χ1n) is 10.2. The fourth-order valence-electron chi connectivity index (χ4n) is 3.45. The van der Waals surface area contributed by atoms with E-state index in [9.17, 15) is 9.59 Å². The standard InChI is InChI=1S/C21H32N4O3/c1-17(21(27)23(2)16-20(26)22-18-8-9-18)25-12-10-24(11-13-25)14-15-28-19-6-4-3-5-7-19/h3-7,17-18H,8-16H2,1-2H3,(H,22,26). The molecule has 1 saturated heterocycles. The van der Waals surface area contributed by atoms with Gasteiger partial charge >= 0.3 is 0 Å². The summed E-state index contributed by atoms with van der Waals surface area (Å²) < 4.78 is 5.77. The molecule has 1 aliphatic carbocycles. The number of ether oxygens (including phenoxy) is 1. The van der Waals surface area contributed by atoms with Crippen LogP contribution < -0.4 is 10.1 Å². The van der Waals surface area contributed by atoms with Gasteiger partial charge in [-0.3, -0.25) is 19.4 Å². The van der Waals surface area contributed by atoms with E-state index in [4.69, 9.17) is 4.74 Å². The number of nitrogens with zero attached hydrogens (tertiary/aromatic N) is 3. The van der Waals surface area contributed by atoms with Crippen LogP contribution in [0, 0.1) is 0 Å². The molecule has 1 aromatic rings. The maximum absolute atomic E-state index is 12.7. The number of amides is 2.